The van der Waals surface area contributed by atoms with E-state index in [0.717, 1.165) is 38.9 Å². The molecule has 1 saturated carbocycles. The summed E-state index contributed by atoms with van der Waals surface area (Å²) in [5.74, 6) is 1.70. The van der Waals surface area contributed by atoms with Crippen LogP contribution in [0.3, 0.4) is 0 Å². The topological polar surface area (TPSA) is 51.0 Å². The van der Waals surface area contributed by atoms with Gasteiger partial charge < -0.3 is 4.90 Å². The van der Waals surface area contributed by atoms with Crippen molar-refractivity contribution in [2.45, 2.75) is 31.7 Å². The molecule has 22 heavy (non-hydrogen) atoms. The highest BCUT2D eigenvalue weighted by molar-refractivity contribution is 7.08. The van der Waals surface area contributed by atoms with Crippen molar-refractivity contribution in [1.29, 1.82) is 0 Å². The summed E-state index contributed by atoms with van der Waals surface area (Å²) in [5.41, 5.74) is 1.35. The van der Waals surface area contributed by atoms with Gasteiger partial charge in [-0.2, -0.15) is 16.4 Å². The van der Waals surface area contributed by atoms with Gasteiger partial charge in [0, 0.05) is 25.6 Å². The predicted molar refractivity (Wildman–Crippen MR) is 84.5 cm³/mol. The lowest BCUT2D eigenvalue weighted by atomic mass is 9.96. The molecule has 116 valence electrons. The van der Waals surface area contributed by atoms with Gasteiger partial charge in [-0.25, -0.2) is 4.98 Å². The van der Waals surface area contributed by atoms with Crippen molar-refractivity contribution in [3.8, 4) is 0 Å². The van der Waals surface area contributed by atoms with Gasteiger partial charge in [-0.15, -0.1) is 0 Å². The second kappa shape index (κ2) is 5.83. The quantitative estimate of drug-likeness (QED) is 0.870. The fourth-order valence-electron chi connectivity index (χ4n) is 3.48. The zero-order valence-electron chi connectivity index (χ0n) is 12.5. The van der Waals surface area contributed by atoms with Gasteiger partial charge in [0.2, 0.25) is 5.91 Å². The van der Waals surface area contributed by atoms with E-state index in [-0.39, 0.29) is 5.92 Å². The largest absolute Gasteiger partial charge is 0.342 e. The Kier molecular flexibility index (Phi) is 3.70. The molecule has 4 rings (SSSR count). The van der Waals surface area contributed by atoms with Crippen molar-refractivity contribution in [2.75, 3.05) is 13.1 Å². The van der Waals surface area contributed by atoms with E-state index in [1.165, 1.54) is 5.56 Å². The monoisotopic (exact) mass is 316 g/mol. The van der Waals surface area contributed by atoms with E-state index in [1.807, 2.05) is 4.68 Å². The van der Waals surface area contributed by atoms with E-state index in [2.05, 4.69) is 31.8 Å². The Balaban J connectivity index is 1.28. The van der Waals surface area contributed by atoms with Crippen molar-refractivity contribution >= 4 is 17.2 Å². The first-order valence-corrected chi connectivity index (χ1v) is 8.89. The minimum absolute atomic E-state index is 0.237. The van der Waals surface area contributed by atoms with Crippen molar-refractivity contribution < 1.29 is 4.79 Å². The van der Waals surface area contributed by atoms with Crippen LogP contribution in [0.5, 0.6) is 0 Å². The zero-order valence-corrected chi connectivity index (χ0v) is 13.3. The Morgan fingerprint density at radius 2 is 2.23 bits per heavy atom. The van der Waals surface area contributed by atoms with Gasteiger partial charge in [-0.1, -0.05) is 0 Å². The molecule has 2 aromatic rings. The van der Waals surface area contributed by atoms with Gasteiger partial charge in [0.25, 0.3) is 0 Å². The predicted octanol–water partition coefficient (Wildman–Crippen LogP) is 2.38. The molecule has 1 saturated heterocycles. The third-order valence-corrected chi connectivity index (χ3v) is 5.62. The first kappa shape index (κ1) is 13.9. The summed E-state index contributed by atoms with van der Waals surface area (Å²) in [6, 6.07) is 2.16. The van der Waals surface area contributed by atoms with E-state index in [4.69, 9.17) is 0 Å². The number of carbonyl (C=O) groups excluding carboxylic acids is 1. The average molecular weight is 316 g/mol. The number of amides is 1. The summed E-state index contributed by atoms with van der Waals surface area (Å²) in [5, 5.41) is 8.45. The number of likely N-dealkylation sites (tertiary alicyclic amines) is 1. The average Bonchev–Trinajstić information content (AvgIpc) is 2.94. The van der Waals surface area contributed by atoms with E-state index in [9.17, 15) is 4.79 Å². The van der Waals surface area contributed by atoms with Crippen molar-refractivity contribution in [2.24, 2.45) is 11.8 Å². The SMILES string of the molecule is O=C([C@@H]1C[C@H]1c1ccsc1)N1CCC(Cn2cncn2)CC1. The van der Waals surface area contributed by atoms with E-state index < -0.39 is 0 Å². The maximum absolute atomic E-state index is 12.6. The smallest absolute Gasteiger partial charge is 0.226 e. The minimum atomic E-state index is 0.237. The van der Waals surface area contributed by atoms with Crippen LogP contribution in [-0.4, -0.2) is 38.7 Å². The molecule has 1 aliphatic heterocycles. The summed E-state index contributed by atoms with van der Waals surface area (Å²) in [6.45, 7) is 2.71. The first-order chi connectivity index (χ1) is 10.8. The molecule has 5 nitrogen and oxygen atoms in total. The molecule has 2 aromatic heterocycles. The first-order valence-electron chi connectivity index (χ1n) is 7.94. The molecule has 0 N–H and O–H groups in total. The number of thiophene rings is 1. The van der Waals surface area contributed by atoms with Crippen LogP contribution in [0.2, 0.25) is 0 Å². The van der Waals surface area contributed by atoms with Crippen LogP contribution in [0.25, 0.3) is 0 Å². The second-order valence-electron chi connectivity index (χ2n) is 6.39. The number of aromatic nitrogens is 3. The highest BCUT2D eigenvalue weighted by Gasteiger charge is 2.46. The number of piperidine rings is 1. The van der Waals surface area contributed by atoms with Gasteiger partial charge in [0.15, 0.2) is 0 Å². The normalized spacial score (nSPS) is 25.4. The molecule has 2 atom stereocenters. The maximum Gasteiger partial charge on any atom is 0.226 e. The maximum atomic E-state index is 12.6. The fourth-order valence-corrected chi connectivity index (χ4v) is 4.21. The van der Waals surface area contributed by atoms with Crippen LogP contribution < -0.4 is 0 Å². The molecule has 0 bridgehead atoms. The molecular formula is C16H20N4OS. The Morgan fingerprint density at radius 1 is 1.36 bits per heavy atom. The van der Waals surface area contributed by atoms with Crippen LogP contribution in [0.4, 0.5) is 0 Å². The Morgan fingerprint density at radius 3 is 2.91 bits per heavy atom. The molecule has 0 aromatic carbocycles. The molecule has 2 fully saturated rings. The number of hydrogen-bond donors (Lipinski definition) is 0. The fraction of sp³-hybridized carbons (Fsp3) is 0.562. The summed E-state index contributed by atoms with van der Waals surface area (Å²) in [4.78, 5) is 18.7. The van der Waals surface area contributed by atoms with Crippen LogP contribution in [0.15, 0.2) is 29.5 Å². The molecular weight excluding hydrogens is 296 g/mol. The van der Waals surface area contributed by atoms with E-state index >= 15 is 0 Å². The van der Waals surface area contributed by atoms with Gasteiger partial charge in [0.1, 0.15) is 12.7 Å². The number of carbonyl (C=O) groups is 1. The summed E-state index contributed by atoms with van der Waals surface area (Å²) < 4.78 is 1.90. The summed E-state index contributed by atoms with van der Waals surface area (Å²) >= 11 is 1.72. The van der Waals surface area contributed by atoms with Crippen molar-refractivity contribution in [3.05, 3.63) is 35.0 Å². The lowest BCUT2D eigenvalue weighted by Gasteiger charge is -2.32. The van der Waals surface area contributed by atoms with E-state index in [1.54, 1.807) is 24.0 Å². The third kappa shape index (κ3) is 2.79. The number of rotatable bonds is 4. The van der Waals surface area contributed by atoms with Crippen LogP contribution in [0, 0.1) is 11.8 Å². The minimum Gasteiger partial charge on any atom is -0.342 e. The van der Waals surface area contributed by atoms with Crippen molar-refractivity contribution in [1.82, 2.24) is 19.7 Å². The Hall–Kier alpha value is -1.69. The molecule has 0 spiro atoms. The van der Waals surface area contributed by atoms with Crippen LogP contribution in [-0.2, 0) is 11.3 Å². The zero-order chi connectivity index (χ0) is 14.9. The molecule has 2 aliphatic rings. The van der Waals surface area contributed by atoms with Crippen molar-refractivity contribution in [3.63, 3.8) is 0 Å². The highest BCUT2D eigenvalue weighted by Crippen LogP contribution is 2.49. The molecule has 0 radical (unpaired) electrons. The lowest BCUT2D eigenvalue weighted by Crippen LogP contribution is -2.40. The highest BCUT2D eigenvalue weighted by atomic mass is 32.1. The molecule has 1 amide bonds. The van der Waals surface area contributed by atoms with Crippen LogP contribution in [0.1, 0.15) is 30.7 Å². The standard InChI is InChI=1S/C16H20N4OS/c21-16(15-7-14(15)13-3-6-22-9-13)19-4-1-12(2-5-19)8-20-11-17-10-18-20/h3,6,9-12,14-15H,1-2,4-5,7-8H2/t14-,15+/m0/s1. The van der Waals surface area contributed by atoms with Gasteiger partial charge in [-0.3, -0.25) is 9.48 Å². The third-order valence-electron chi connectivity index (χ3n) is 4.92. The number of nitrogens with zero attached hydrogens (tertiary/aromatic N) is 4. The lowest BCUT2D eigenvalue weighted by molar-refractivity contribution is -0.134. The molecule has 0 unspecified atom stereocenters. The molecule has 1 aliphatic carbocycles. The Labute approximate surface area is 134 Å². The summed E-state index contributed by atoms with van der Waals surface area (Å²) in [7, 11) is 0. The second-order valence-corrected chi connectivity index (χ2v) is 7.17. The molecule has 3 heterocycles. The van der Waals surface area contributed by atoms with E-state index in [0.29, 0.717) is 17.7 Å². The summed E-state index contributed by atoms with van der Waals surface area (Å²) in [6.07, 6.45) is 6.53. The van der Waals surface area contributed by atoms with Gasteiger partial charge in [0.05, 0.1) is 0 Å². The van der Waals surface area contributed by atoms with Gasteiger partial charge >= 0.3 is 0 Å². The van der Waals surface area contributed by atoms with Crippen LogP contribution >= 0.6 is 11.3 Å². The Bertz CT molecular complexity index is 617. The van der Waals surface area contributed by atoms with Gasteiger partial charge in [-0.05, 0) is 53.5 Å². The number of hydrogen-bond acceptors (Lipinski definition) is 4. The molecule has 6 heteroatoms.